The zero-order valence-corrected chi connectivity index (χ0v) is 7.39. The molecular formula is C6H5ClF3NO3. The lowest BCUT2D eigenvalue weighted by molar-refractivity contribution is -0.192. The van der Waals surface area contributed by atoms with Crippen molar-refractivity contribution in [2.75, 3.05) is 13.1 Å². The van der Waals surface area contributed by atoms with E-state index < -0.39 is 36.0 Å². The van der Waals surface area contributed by atoms with Crippen molar-refractivity contribution < 1.29 is 27.9 Å². The number of likely N-dealkylation sites (tertiary alicyclic amines) is 1. The fourth-order valence-corrected chi connectivity index (χ4v) is 1.31. The van der Waals surface area contributed by atoms with Crippen LogP contribution in [-0.2, 0) is 9.59 Å². The molecular weight excluding hydrogens is 227 g/mol. The lowest BCUT2D eigenvalue weighted by Crippen LogP contribution is -2.66. The minimum atomic E-state index is -4.98. The van der Waals surface area contributed by atoms with Gasteiger partial charge in [-0.3, -0.25) is 9.59 Å². The lowest BCUT2D eigenvalue weighted by atomic mass is 9.99. The van der Waals surface area contributed by atoms with Crippen LogP contribution >= 0.6 is 11.6 Å². The summed E-state index contributed by atoms with van der Waals surface area (Å²) in [6.45, 7) is -1.25. The van der Waals surface area contributed by atoms with Crippen molar-refractivity contribution >= 4 is 23.5 Å². The van der Waals surface area contributed by atoms with Crippen LogP contribution in [-0.4, -0.2) is 46.0 Å². The van der Waals surface area contributed by atoms with Crippen LogP contribution in [0.3, 0.4) is 0 Å². The number of alkyl halides is 4. The molecule has 0 atom stereocenters. The van der Waals surface area contributed by atoms with Crippen LogP contribution in [0.1, 0.15) is 0 Å². The van der Waals surface area contributed by atoms with E-state index in [9.17, 15) is 22.8 Å². The van der Waals surface area contributed by atoms with E-state index in [-0.39, 0.29) is 0 Å². The number of aliphatic carboxylic acids is 1. The summed E-state index contributed by atoms with van der Waals surface area (Å²) in [5.41, 5.74) is 0. The highest BCUT2D eigenvalue weighted by Crippen LogP contribution is 2.32. The van der Waals surface area contributed by atoms with E-state index in [4.69, 9.17) is 16.7 Å². The second-order valence-electron chi connectivity index (χ2n) is 2.93. The lowest BCUT2D eigenvalue weighted by Gasteiger charge is -2.42. The Morgan fingerprint density at radius 1 is 1.36 bits per heavy atom. The molecule has 0 aromatic heterocycles. The van der Waals surface area contributed by atoms with Crippen LogP contribution < -0.4 is 0 Å². The van der Waals surface area contributed by atoms with Gasteiger partial charge >= 0.3 is 18.1 Å². The van der Waals surface area contributed by atoms with Crippen molar-refractivity contribution in [2.24, 2.45) is 0 Å². The highest BCUT2D eigenvalue weighted by Gasteiger charge is 2.55. The highest BCUT2D eigenvalue weighted by molar-refractivity contribution is 6.35. The smallest absolute Gasteiger partial charge is 0.471 e. The number of nitrogens with zero attached hydrogens (tertiary/aromatic N) is 1. The molecule has 0 aromatic rings. The maximum Gasteiger partial charge on any atom is 0.471 e. The molecule has 1 saturated heterocycles. The molecule has 0 saturated carbocycles. The summed E-state index contributed by atoms with van der Waals surface area (Å²) in [6.07, 6.45) is -4.98. The molecule has 1 aliphatic rings. The molecule has 0 aliphatic carbocycles. The molecule has 1 rings (SSSR count). The predicted octanol–water partition coefficient (Wildman–Crippen LogP) is 0.453. The molecule has 8 heteroatoms. The molecule has 0 radical (unpaired) electrons. The molecule has 0 bridgehead atoms. The summed E-state index contributed by atoms with van der Waals surface area (Å²) >= 11 is 5.37. The largest absolute Gasteiger partial charge is 0.480 e. The van der Waals surface area contributed by atoms with Gasteiger partial charge in [0.15, 0.2) is 4.87 Å². The van der Waals surface area contributed by atoms with E-state index >= 15 is 0 Å². The number of rotatable bonds is 1. The summed E-state index contributed by atoms with van der Waals surface area (Å²) in [7, 11) is 0. The average Bonchev–Trinajstić information content (AvgIpc) is 1.95. The summed E-state index contributed by atoms with van der Waals surface area (Å²) in [5, 5.41) is 8.44. The van der Waals surface area contributed by atoms with Crippen LogP contribution in [0, 0.1) is 0 Å². The second-order valence-corrected chi connectivity index (χ2v) is 3.65. The van der Waals surface area contributed by atoms with Crippen molar-refractivity contribution in [1.82, 2.24) is 4.90 Å². The zero-order valence-electron chi connectivity index (χ0n) is 6.64. The first kappa shape index (κ1) is 11.1. The van der Waals surface area contributed by atoms with Gasteiger partial charge in [0, 0.05) is 0 Å². The van der Waals surface area contributed by atoms with E-state index in [0.717, 1.165) is 0 Å². The summed E-state index contributed by atoms with van der Waals surface area (Å²) in [6, 6.07) is 0. The first-order valence-corrected chi connectivity index (χ1v) is 3.83. The van der Waals surface area contributed by atoms with E-state index in [1.54, 1.807) is 0 Å². The minimum Gasteiger partial charge on any atom is -0.480 e. The molecule has 80 valence electrons. The number of carboxylic acids is 1. The predicted molar refractivity (Wildman–Crippen MR) is 38.9 cm³/mol. The normalized spacial score (nSPS) is 20.1. The molecule has 0 spiro atoms. The average molecular weight is 232 g/mol. The maximum absolute atomic E-state index is 11.8. The molecule has 1 heterocycles. The van der Waals surface area contributed by atoms with Crippen molar-refractivity contribution in [3.05, 3.63) is 0 Å². The number of amides is 1. The number of hydrogen-bond acceptors (Lipinski definition) is 2. The van der Waals surface area contributed by atoms with Crippen LogP contribution in [0.4, 0.5) is 13.2 Å². The number of carbonyl (C=O) groups is 2. The van der Waals surface area contributed by atoms with E-state index in [1.807, 2.05) is 0 Å². The Kier molecular flexibility index (Phi) is 2.39. The van der Waals surface area contributed by atoms with Gasteiger partial charge in [0.1, 0.15) is 0 Å². The quantitative estimate of drug-likeness (QED) is 0.667. The molecule has 0 aromatic carbocycles. The van der Waals surface area contributed by atoms with Crippen molar-refractivity contribution in [1.29, 1.82) is 0 Å². The van der Waals surface area contributed by atoms with E-state index in [0.29, 0.717) is 4.90 Å². The van der Waals surface area contributed by atoms with Crippen LogP contribution in [0.25, 0.3) is 0 Å². The van der Waals surface area contributed by atoms with E-state index in [2.05, 4.69) is 0 Å². The third-order valence-electron chi connectivity index (χ3n) is 1.80. The summed E-state index contributed by atoms with van der Waals surface area (Å²) in [4.78, 5) is 19.5. The van der Waals surface area contributed by atoms with Gasteiger partial charge in [-0.15, -0.1) is 11.6 Å². The molecule has 4 nitrogen and oxygen atoms in total. The van der Waals surface area contributed by atoms with Gasteiger partial charge in [0.05, 0.1) is 13.1 Å². The molecule has 14 heavy (non-hydrogen) atoms. The zero-order chi connectivity index (χ0) is 11.1. The summed E-state index contributed by atoms with van der Waals surface area (Å²) in [5.74, 6) is -3.49. The number of hydrogen-bond donors (Lipinski definition) is 1. The Hall–Kier alpha value is -0.980. The standard InChI is InChI=1S/C6H5ClF3NO3/c7-5(4(13)14)1-11(2-5)3(12)6(8,9)10/h1-2H2,(H,13,14). The van der Waals surface area contributed by atoms with Gasteiger partial charge in [-0.1, -0.05) is 0 Å². The fraction of sp³-hybridized carbons (Fsp3) is 0.667. The SMILES string of the molecule is O=C(N1CC(Cl)(C(=O)O)C1)C(F)(F)F. The molecule has 1 fully saturated rings. The fourth-order valence-electron chi connectivity index (χ4n) is 1.02. The molecule has 1 amide bonds. The number of carboxylic acid groups (broad SMARTS) is 1. The van der Waals surface area contributed by atoms with Gasteiger partial charge in [-0.25, -0.2) is 0 Å². The third-order valence-corrected chi connectivity index (χ3v) is 2.20. The first-order chi connectivity index (χ1) is 6.17. The van der Waals surface area contributed by atoms with Crippen molar-refractivity contribution in [3.8, 4) is 0 Å². The van der Waals surface area contributed by atoms with Crippen LogP contribution in [0.5, 0.6) is 0 Å². The monoisotopic (exact) mass is 231 g/mol. The highest BCUT2D eigenvalue weighted by atomic mass is 35.5. The first-order valence-electron chi connectivity index (χ1n) is 3.45. The van der Waals surface area contributed by atoms with E-state index in [1.165, 1.54) is 0 Å². The number of halogens is 4. The Balaban J connectivity index is 2.58. The second kappa shape index (κ2) is 3.01. The van der Waals surface area contributed by atoms with Gasteiger partial charge in [0.25, 0.3) is 0 Å². The van der Waals surface area contributed by atoms with Crippen LogP contribution in [0.2, 0.25) is 0 Å². The van der Waals surface area contributed by atoms with Crippen LogP contribution in [0.15, 0.2) is 0 Å². The van der Waals surface area contributed by atoms with Gasteiger partial charge in [0.2, 0.25) is 0 Å². The Labute approximate surface area is 81.2 Å². The minimum absolute atomic E-state index is 0.348. The molecule has 1 aliphatic heterocycles. The summed E-state index contributed by atoms with van der Waals surface area (Å²) < 4.78 is 35.4. The number of carbonyl (C=O) groups excluding carboxylic acids is 1. The maximum atomic E-state index is 11.8. The Bertz CT molecular complexity index is 285. The third kappa shape index (κ3) is 1.77. The molecule has 0 unspecified atom stereocenters. The Morgan fingerprint density at radius 2 is 1.79 bits per heavy atom. The van der Waals surface area contributed by atoms with Gasteiger partial charge in [-0.2, -0.15) is 13.2 Å². The Morgan fingerprint density at radius 3 is 2.07 bits per heavy atom. The van der Waals surface area contributed by atoms with Crippen molar-refractivity contribution in [3.63, 3.8) is 0 Å². The molecule has 1 N–H and O–H groups in total. The van der Waals surface area contributed by atoms with Crippen molar-refractivity contribution in [2.45, 2.75) is 11.1 Å². The van der Waals surface area contributed by atoms with Gasteiger partial charge < -0.3 is 10.0 Å². The van der Waals surface area contributed by atoms with Gasteiger partial charge in [-0.05, 0) is 0 Å². The topological polar surface area (TPSA) is 57.6 Å².